The lowest BCUT2D eigenvalue weighted by Gasteiger charge is -2.32. The Morgan fingerprint density at radius 1 is 1.19 bits per heavy atom. The van der Waals surface area contributed by atoms with Gasteiger partial charge in [-0.15, -0.1) is 0 Å². The number of nitrogens with zero attached hydrogens (tertiary/aromatic N) is 1. The van der Waals surface area contributed by atoms with E-state index in [1.54, 1.807) is 32.9 Å². The Kier molecular flexibility index (Phi) is 8.46. The quantitative estimate of drug-likeness (QED) is 0.534. The number of benzene rings is 2. The molecule has 0 saturated carbocycles. The van der Waals surface area contributed by atoms with E-state index in [1.807, 2.05) is 0 Å². The van der Waals surface area contributed by atoms with Gasteiger partial charge in [0.1, 0.15) is 11.6 Å². The number of ether oxygens (including phenoxy) is 1. The minimum atomic E-state index is -3.49. The zero-order valence-corrected chi connectivity index (χ0v) is 23.1. The van der Waals surface area contributed by atoms with Gasteiger partial charge >= 0.3 is 12.1 Å². The first-order valence-corrected chi connectivity index (χ1v) is 14.0. The molecule has 2 amide bonds. The number of rotatable bonds is 6. The average molecular weight is 571 g/mol. The Bertz CT molecular complexity index is 1350. The van der Waals surface area contributed by atoms with E-state index >= 15 is 0 Å². The van der Waals surface area contributed by atoms with Crippen LogP contribution in [0, 0.1) is 0 Å². The molecule has 1 aliphatic rings. The molecule has 2 aromatic carbocycles. The second-order valence-corrected chi connectivity index (χ2v) is 12.6. The van der Waals surface area contributed by atoms with Crippen molar-refractivity contribution in [2.24, 2.45) is 0 Å². The van der Waals surface area contributed by atoms with Crippen molar-refractivity contribution >= 4 is 51.0 Å². The third kappa shape index (κ3) is 7.15. The molecule has 200 valence electrons. The second-order valence-electron chi connectivity index (χ2n) is 9.82. The van der Waals surface area contributed by atoms with Gasteiger partial charge in [-0.3, -0.25) is 4.79 Å². The van der Waals surface area contributed by atoms with Gasteiger partial charge in [0.05, 0.1) is 20.5 Å². The molecule has 1 heterocycles. The fourth-order valence-electron chi connectivity index (χ4n) is 3.91. The summed E-state index contributed by atoms with van der Waals surface area (Å²) in [5.74, 6) is -2.09. The molecule has 0 aliphatic carbocycles. The van der Waals surface area contributed by atoms with Crippen molar-refractivity contribution in [3.05, 3.63) is 62.6 Å². The van der Waals surface area contributed by atoms with Crippen LogP contribution in [0.3, 0.4) is 0 Å². The molecule has 12 heteroatoms. The van der Waals surface area contributed by atoms with E-state index in [-0.39, 0.29) is 33.5 Å². The van der Waals surface area contributed by atoms with Gasteiger partial charge in [-0.2, -0.15) is 0 Å². The number of carboxylic acid groups (broad SMARTS) is 1. The van der Waals surface area contributed by atoms with E-state index in [0.717, 1.165) is 6.26 Å². The van der Waals surface area contributed by atoms with Crippen LogP contribution >= 0.6 is 23.2 Å². The topological polar surface area (TPSA) is 130 Å². The molecule has 1 aliphatic heterocycles. The third-order valence-corrected chi connectivity index (χ3v) is 7.48. The lowest BCUT2D eigenvalue weighted by molar-refractivity contribution is -0.139. The second kappa shape index (κ2) is 10.9. The standard InChI is InChI=1S/C25H28Cl2N2O7S/c1-25(2,3)36-24(33)29-9-8-17-15(13-29)12-18(26)20(21(17)27)22(30)28-19(23(31)32)11-14-6-5-7-16(10-14)37(4,34)35/h5-7,10,12,19H,8-9,11,13H2,1-4H3,(H,28,30)(H,31,32)/t19-/m0/s1. The highest BCUT2D eigenvalue weighted by Crippen LogP contribution is 2.35. The van der Waals surface area contributed by atoms with Crippen LogP contribution in [0.4, 0.5) is 4.79 Å². The smallest absolute Gasteiger partial charge is 0.410 e. The van der Waals surface area contributed by atoms with E-state index < -0.39 is 39.4 Å². The molecular formula is C25H28Cl2N2O7S. The van der Waals surface area contributed by atoms with Gasteiger partial charge in [0.2, 0.25) is 0 Å². The monoisotopic (exact) mass is 570 g/mol. The van der Waals surface area contributed by atoms with E-state index in [0.29, 0.717) is 29.7 Å². The molecule has 0 bridgehead atoms. The van der Waals surface area contributed by atoms with Crippen molar-refractivity contribution in [2.45, 2.75) is 56.7 Å². The third-order valence-electron chi connectivity index (χ3n) is 5.65. The van der Waals surface area contributed by atoms with Crippen LogP contribution in [-0.2, 0) is 38.8 Å². The van der Waals surface area contributed by atoms with Crippen LogP contribution in [0.2, 0.25) is 10.0 Å². The van der Waals surface area contributed by atoms with Crippen molar-refractivity contribution < 1.29 is 32.6 Å². The first-order chi connectivity index (χ1) is 17.1. The van der Waals surface area contributed by atoms with Gasteiger partial charge in [-0.1, -0.05) is 35.3 Å². The Hall–Kier alpha value is -2.82. The summed E-state index contributed by atoms with van der Waals surface area (Å²) in [5.41, 5.74) is 1.01. The first-order valence-electron chi connectivity index (χ1n) is 11.4. The fraction of sp³-hybridized carbons (Fsp3) is 0.400. The molecule has 0 radical (unpaired) electrons. The molecule has 0 unspecified atom stereocenters. The number of nitrogens with one attached hydrogen (secondary N) is 1. The van der Waals surface area contributed by atoms with Gasteiger partial charge in [0, 0.05) is 25.8 Å². The Morgan fingerprint density at radius 3 is 2.46 bits per heavy atom. The minimum Gasteiger partial charge on any atom is -0.480 e. The normalized spacial score (nSPS) is 14.5. The summed E-state index contributed by atoms with van der Waals surface area (Å²) in [6.45, 7) is 5.83. The molecule has 2 N–H and O–H groups in total. The molecule has 0 saturated heterocycles. The van der Waals surface area contributed by atoms with E-state index in [1.165, 1.54) is 23.1 Å². The number of carbonyl (C=O) groups is 3. The van der Waals surface area contributed by atoms with Crippen LogP contribution in [0.25, 0.3) is 0 Å². The molecule has 2 aromatic rings. The number of hydrogen-bond donors (Lipinski definition) is 2. The lowest BCUT2D eigenvalue weighted by Crippen LogP contribution is -2.43. The molecule has 37 heavy (non-hydrogen) atoms. The van der Waals surface area contributed by atoms with Crippen molar-refractivity contribution in [3.63, 3.8) is 0 Å². The Balaban J connectivity index is 1.82. The van der Waals surface area contributed by atoms with Gasteiger partial charge in [0.25, 0.3) is 5.91 Å². The van der Waals surface area contributed by atoms with Crippen LogP contribution in [-0.4, -0.2) is 60.8 Å². The maximum atomic E-state index is 13.1. The van der Waals surface area contributed by atoms with Crippen molar-refractivity contribution in [3.8, 4) is 0 Å². The summed E-state index contributed by atoms with van der Waals surface area (Å²) >= 11 is 13.0. The summed E-state index contributed by atoms with van der Waals surface area (Å²) in [5, 5.41) is 12.2. The van der Waals surface area contributed by atoms with Crippen molar-refractivity contribution in [2.75, 3.05) is 12.8 Å². The van der Waals surface area contributed by atoms with Gasteiger partial charge in [0.15, 0.2) is 9.84 Å². The van der Waals surface area contributed by atoms with E-state index in [2.05, 4.69) is 5.32 Å². The highest BCUT2D eigenvalue weighted by molar-refractivity contribution is 7.90. The van der Waals surface area contributed by atoms with Gasteiger partial charge in [-0.25, -0.2) is 18.0 Å². The van der Waals surface area contributed by atoms with Crippen LogP contribution in [0.15, 0.2) is 35.2 Å². The van der Waals surface area contributed by atoms with Crippen molar-refractivity contribution in [1.82, 2.24) is 10.2 Å². The molecule has 0 spiro atoms. The van der Waals surface area contributed by atoms with E-state index in [9.17, 15) is 27.9 Å². The summed E-state index contributed by atoms with van der Waals surface area (Å²) in [6.07, 6.45) is 0.771. The largest absolute Gasteiger partial charge is 0.480 e. The number of amides is 2. The van der Waals surface area contributed by atoms with Crippen LogP contribution < -0.4 is 5.32 Å². The SMILES string of the molecule is CC(C)(C)OC(=O)N1CCc2c(cc(Cl)c(C(=O)N[C@@H](Cc3cccc(S(C)(=O)=O)c3)C(=O)O)c2Cl)C1. The molecule has 1 atom stereocenters. The maximum Gasteiger partial charge on any atom is 0.410 e. The molecule has 9 nitrogen and oxygen atoms in total. The number of carboxylic acids is 1. The molecule has 0 aromatic heterocycles. The molecule has 3 rings (SSSR count). The number of aliphatic carboxylic acids is 1. The van der Waals surface area contributed by atoms with Crippen molar-refractivity contribution in [1.29, 1.82) is 0 Å². The van der Waals surface area contributed by atoms with E-state index in [4.69, 9.17) is 27.9 Å². The first kappa shape index (κ1) is 28.7. The predicted molar refractivity (Wildman–Crippen MR) is 139 cm³/mol. The summed E-state index contributed by atoms with van der Waals surface area (Å²) in [6, 6.07) is 6.03. The number of halogens is 2. The molecular weight excluding hydrogens is 543 g/mol. The zero-order valence-electron chi connectivity index (χ0n) is 20.8. The highest BCUT2D eigenvalue weighted by Gasteiger charge is 2.31. The van der Waals surface area contributed by atoms with Gasteiger partial charge < -0.3 is 20.1 Å². The lowest BCUT2D eigenvalue weighted by atomic mass is 9.96. The predicted octanol–water partition coefficient (Wildman–Crippen LogP) is 4.12. The zero-order chi connectivity index (χ0) is 27.7. The Morgan fingerprint density at radius 2 is 1.86 bits per heavy atom. The summed E-state index contributed by atoms with van der Waals surface area (Å²) in [4.78, 5) is 39.0. The highest BCUT2D eigenvalue weighted by atomic mass is 35.5. The fourth-order valence-corrected chi connectivity index (χ4v) is 5.37. The number of sulfone groups is 1. The van der Waals surface area contributed by atoms with Crippen LogP contribution in [0.5, 0.6) is 0 Å². The summed E-state index contributed by atoms with van der Waals surface area (Å²) < 4.78 is 29.1. The number of carbonyl (C=O) groups excluding carboxylic acids is 2. The van der Waals surface area contributed by atoms with Crippen LogP contribution in [0.1, 0.15) is 47.8 Å². The number of fused-ring (bicyclic) bond motifs is 1. The minimum absolute atomic E-state index is 0.00972. The molecule has 0 fully saturated rings. The summed E-state index contributed by atoms with van der Waals surface area (Å²) in [7, 11) is -3.49. The Labute approximate surface area is 225 Å². The average Bonchev–Trinajstić information content (AvgIpc) is 2.76. The maximum absolute atomic E-state index is 13.1. The number of hydrogen-bond acceptors (Lipinski definition) is 6. The van der Waals surface area contributed by atoms with Gasteiger partial charge in [-0.05, 0) is 62.1 Å².